The minimum absolute atomic E-state index is 0.0353. The molecule has 114 valence electrons. The van der Waals surface area contributed by atoms with E-state index in [4.69, 9.17) is 5.73 Å². The molecule has 1 saturated heterocycles. The number of hydrogen-bond acceptors (Lipinski definition) is 3. The van der Waals surface area contributed by atoms with E-state index < -0.39 is 0 Å². The summed E-state index contributed by atoms with van der Waals surface area (Å²) >= 11 is 0. The second-order valence-electron chi connectivity index (χ2n) is 6.40. The van der Waals surface area contributed by atoms with Crippen LogP contribution >= 0.6 is 0 Å². The van der Waals surface area contributed by atoms with Gasteiger partial charge in [-0.25, -0.2) is 0 Å². The highest BCUT2D eigenvalue weighted by Crippen LogP contribution is 2.35. The van der Waals surface area contributed by atoms with Crippen LogP contribution in [0, 0.1) is 11.8 Å². The average molecular weight is 280 g/mol. The third kappa shape index (κ3) is 3.40. The normalized spacial score (nSPS) is 32.3. The Hall–Kier alpha value is -0.900. The molecular weight excluding hydrogens is 252 g/mol. The summed E-state index contributed by atoms with van der Waals surface area (Å²) in [6.07, 6.45) is 8.34. The Labute approximate surface area is 122 Å². The molecule has 1 heterocycles. The Bertz CT molecular complexity index is 338. The molecule has 2 fully saturated rings. The molecule has 3 unspecified atom stereocenters. The summed E-state index contributed by atoms with van der Waals surface area (Å²) in [7, 11) is 0. The molecule has 0 aromatic carbocycles. The largest absolute Gasteiger partial charge is 0.330 e. The molecule has 20 heavy (non-hydrogen) atoms. The first-order chi connectivity index (χ1) is 9.67. The Morgan fingerprint density at radius 2 is 1.80 bits per heavy atom. The number of nitrogens with zero attached hydrogens (tertiary/aromatic N) is 1. The van der Waals surface area contributed by atoms with Crippen molar-refractivity contribution in [1.82, 2.24) is 4.90 Å². The molecule has 2 amide bonds. The summed E-state index contributed by atoms with van der Waals surface area (Å²) < 4.78 is 0. The Kier molecular flexibility index (Phi) is 5.58. The van der Waals surface area contributed by atoms with Crippen molar-refractivity contribution < 1.29 is 9.59 Å². The highest BCUT2D eigenvalue weighted by molar-refractivity contribution is 5.96. The van der Waals surface area contributed by atoms with Crippen LogP contribution in [0.15, 0.2) is 0 Å². The van der Waals surface area contributed by atoms with Crippen LogP contribution in [0.1, 0.15) is 64.7 Å². The lowest BCUT2D eigenvalue weighted by atomic mass is 9.75. The van der Waals surface area contributed by atoms with Crippen molar-refractivity contribution in [2.75, 3.05) is 6.54 Å². The number of likely N-dealkylation sites (tertiary alicyclic amines) is 1. The van der Waals surface area contributed by atoms with Crippen LogP contribution in [0.4, 0.5) is 0 Å². The van der Waals surface area contributed by atoms with Crippen LogP contribution in [-0.2, 0) is 9.59 Å². The summed E-state index contributed by atoms with van der Waals surface area (Å²) in [4.78, 5) is 26.2. The molecule has 2 aliphatic rings. The monoisotopic (exact) mass is 280 g/mol. The molecule has 2 rings (SSSR count). The zero-order valence-corrected chi connectivity index (χ0v) is 12.6. The van der Waals surface area contributed by atoms with Crippen LogP contribution in [0.2, 0.25) is 0 Å². The molecule has 1 saturated carbocycles. The number of amides is 2. The van der Waals surface area contributed by atoms with E-state index in [-0.39, 0.29) is 17.9 Å². The van der Waals surface area contributed by atoms with Gasteiger partial charge >= 0.3 is 0 Å². The molecular formula is C16H28N2O2. The number of carbonyl (C=O) groups is 2. The fraction of sp³-hybridized carbons (Fsp3) is 0.875. The number of hydrogen-bond donors (Lipinski definition) is 1. The van der Waals surface area contributed by atoms with Crippen LogP contribution < -0.4 is 5.73 Å². The lowest BCUT2D eigenvalue weighted by Gasteiger charge is -2.41. The van der Waals surface area contributed by atoms with Crippen molar-refractivity contribution in [2.24, 2.45) is 17.6 Å². The topological polar surface area (TPSA) is 63.4 Å². The third-order valence-electron chi connectivity index (χ3n) is 4.96. The minimum atomic E-state index is 0.0353. The standard InChI is InChI=1S/C16H28N2O2/c1-2-5-12-8-9-13(11-17)14(10-12)18-15(19)6-3-4-7-16(18)20/h12-14H,2-11,17H2,1H3. The van der Waals surface area contributed by atoms with E-state index in [0.29, 0.717) is 31.2 Å². The van der Waals surface area contributed by atoms with E-state index in [1.165, 1.54) is 19.3 Å². The fourth-order valence-electron chi connectivity index (χ4n) is 3.86. The summed E-state index contributed by atoms with van der Waals surface area (Å²) in [6.45, 7) is 2.78. The fourth-order valence-corrected chi connectivity index (χ4v) is 3.86. The van der Waals surface area contributed by atoms with Crippen molar-refractivity contribution in [3.05, 3.63) is 0 Å². The van der Waals surface area contributed by atoms with Gasteiger partial charge in [-0.15, -0.1) is 0 Å². The van der Waals surface area contributed by atoms with Gasteiger partial charge in [0.1, 0.15) is 0 Å². The molecule has 3 atom stereocenters. The molecule has 4 nitrogen and oxygen atoms in total. The van der Waals surface area contributed by atoms with E-state index >= 15 is 0 Å². The second-order valence-corrected chi connectivity index (χ2v) is 6.40. The zero-order chi connectivity index (χ0) is 14.5. The van der Waals surface area contributed by atoms with Crippen molar-refractivity contribution in [3.63, 3.8) is 0 Å². The average Bonchev–Trinajstić information content (AvgIpc) is 2.60. The maximum atomic E-state index is 12.3. The van der Waals surface area contributed by atoms with Crippen LogP contribution in [0.5, 0.6) is 0 Å². The zero-order valence-electron chi connectivity index (χ0n) is 12.6. The summed E-state index contributed by atoms with van der Waals surface area (Å²) in [5.74, 6) is 1.02. The summed E-state index contributed by atoms with van der Waals surface area (Å²) in [5, 5.41) is 0. The van der Waals surface area contributed by atoms with Gasteiger partial charge in [-0.05, 0) is 50.5 Å². The highest BCUT2D eigenvalue weighted by Gasteiger charge is 2.39. The first-order valence-corrected chi connectivity index (χ1v) is 8.22. The SMILES string of the molecule is CCCC1CCC(CN)C(N2C(=O)CCCCC2=O)C1. The molecule has 4 heteroatoms. The molecule has 1 aliphatic heterocycles. The van der Waals surface area contributed by atoms with E-state index in [1.807, 2.05) is 0 Å². The van der Waals surface area contributed by atoms with Gasteiger partial charge in [-0.1, -0.05) is 19.8 Å². The van der Waals surface area contributed by atoms with E-state index in [0.717, 1.165) is 25.7 Å². The van der Waals surface area contributed by atoms with Crippen molar-refractivity contribution in [3.8, 4) is 0 Å². The van der Waals surface area contributed by atoms with Gasteiger partial charge < -0.3 is 5.73 Å². The summed E-state index contributed by atoms with van der Waals surface area (Å²) in [5.41, 5.74) is 5.90. The van der Waals surface area contributed by atoms with Gasteiger partial charge in [0.2, 0.25) is 11.8 Å². The van der Waals surface area contributed by atoms with Gasteiger partial charge in [-0.3, -0.25) is 14.5 Å². The van der Waals surface area contributed by atoms with E-state index in [9.17, 15) is 9.59 Å². The highest BCUT2D eigenvalue weighted by atomic mass is 16.2. The van der Waals surface area contributed by atoms with Crippen molar-refractivity contribution in [2.45, 2.75) is 70.8 Å². The molecule has 2 N–H and O–H groups in total. The van der Waals surface area contributed by atoms with Gasteiger partial charge in [0, 0.05) is 18.9 Å². The first-order valence-electron chi connectivity index (χ1n) is 8.22. The number of imide groups is 1. The smallest absolute Gasteiger partial charge is 0.229 e. The molecule has 0 radical (unpaired) electrons. The Balaban J connectivity index is 2.15. The predicted octanol–water partition coefficient (Wildman–Crippen LogP) is 2.46. The number of rotatable bonds is 4. The lowest BCUT2D eigenvalue weighted by molar-refractivity contribution is -0.149. The third-order valence-corrected chi connectivity index (χ3v) is 4.96. The summed E-state index contributed by atoms with van der Waals surface area (Å²) in [6, 6.07) is 0.0587. The van der Waals surface area contributed by atoms with Crippen molar-refractivity contribution >= 4 is 11.8 Å². The van der Waals surface area contributed by atoms with Crippen LogP contribution in [0.3, 0.4) is 0 Å². The Morgan fingerprint density at radius 3 is 2.35 bits per heavy atom. The van der Waals surface area contributed by atoms with E-state index in [2.05, 4.69) is 6.92 Å². The maximum absolute atomic E-state index is 12.3. The van der Waals surface area contributed by atoms with Crippen molar-refractivity contribution in [1.29, 1.82) is 0 Å². The molecule has 0 bridgehead atoms. The quantitative estimate of drug-likeness (QED) is 0.805. The molecule has 1 aliphatic carbocycles. The second kappa shape index (κ2) is 7.21. The first kappa shape index (κ1) is 15.5. The van der Waals surface area contributed by atoms with Crippen LogP contribution in [-0.4, -0.2) is 29.3 Å². The molecule has 0 spiro atoms. The minimum Gasteiger partial charge on any atom is -0.330 e. The van der Waals surface area contributed by atoms with Gasteiger partial charge in [0.25, 0.3) is 0 Å². The van der Waals surface area contributed by atoms with Crippen LogP contribution in [0.25, 0.3) is 0 Å². The number of carbonyl (C=O) groups excluding carboxylic acids is 2. The van der Waals surface area contributed by atoms with E-state index in [1.54, 1.807) is 4.90 Å². The van der Waals surface area contributed by atoms with Gasteiger partial charge in [0.15, 0.2) is 0 Å². The Morgan fingerprint density at radius 1 is 1.15 bits per heavy atom. The number of nitrogens with two attached hydrogens (primary N) is 1. The predicted molar refractivity (Wildman–Crippen MR) is 78.9 cm³/mol. The lowest BCUT2D eigenvalue weighted by Crippen LogP contribution is -2.51. The maximum Gasteiger partial charge on any atom is 0.229 e. The van der Waals surface area contributed by atoms with Gasteiger partial charge in [-0.2, -0.15) is 0 Å². The molecule has 0 aromatic rings. The molecule has 0 aromatic heterocycles. The van der Waals surface area contributed by atoms with Gasteiger partial charge in [0.05, 0.1) is 0 Å².